The third-order valence-corrected chi connectivity index (χ3v) is 3.48. The van der Waals surface area contributed by atoms with E-state index in [1.165, 1.54) is 0 Å². The molecule has 6 nitrogen and oxygen atoms in total. The van der Waals surface area contributed by atoms with Gasteiger partial charge in [0, 0.05) is 0 Å². The summed E-state index contributed by atoms with van der Waals surface area (Å²) in [5.41, 5.74) is 0. The van der Waals surface area contributed by atoms with Crippen LogP contribution >= 0.6 is 8.03 Å². The lowest BCUT2D eigenvalue weighted by molar-refractivity contribution is -0.161. The first-order valence-electron chi connectivity index (χ1n) is 6.47. The maximum absolute atomic E-state index is 11.6. The molecule has 0 aliphatic heterocycles. The van der Waals surface area contributed by atoms with Crippen molar-refractivity contribution in [3.8, 4) is 0 Å². The van der Waals surface area contributed by atoms with Crippen molar-refractivity contribution >= 4 is 20.0 Å². The molecule has 0 saturated carbocycles. The Balaban J connectivity index is 4.30. The second kappa shape index (κ2) is 10.9. The predicted molar refractivity (Wildman–Crippen MR) is 70.1 cm³/mol. The van der Waals surface area contributed by atoms with Crippen LogP contribution in [0.4, 0.5) is 0 Å². The van der Waals surface area contributed by atoms with Gasteiger partial charge in [-0.2, -0.15) is 0 Å². The summed E-state index contributed by atoms with van der Waals surface area (Å²) in [6.45, 7) is 5.91. The van der Waals surface area contributed by atoms with Crippen LogP contribution in [0.1, 0.15) is 33.6 Å². The summed E-state index contributed by atoms with van der Waals surface area (Å²) in [5, 5.41) is 0. The minimum atomic E-state index is -1.72. The van der Waals surface area contributed by atoms with Crippen LogP contribution in [-0.2, 0) is 28.2 Å². The number of carbonyl (C=O) groups excluding carboxylic acids is 2. The Morgan fingerprint density at radius 2 is 1.53 bits per heavy atom. The van der Waals surface area contributed by atoms with Crippen molar-refractivity contribution in [3.63, 3.8) is 0 Å². The van der Waals surface area contributed by atoms with E-state index in [1.807, 2.05) is 0 Å². The van der Waals surface area contributed by atoms with E-state index in [4.69, 9.17) is 14.0 Å². The number of hydrogen-bond acceptors (Lipinski definition) is 6. The molecule has 19 heavy (non-hydrogen) atoms. The summed E-state index contributed by atoms with van der Waals surface area (Å²) >= 11 is 0. The molecule has 0 N–H and O–H groups in total. The van der Waals surface area contributed by atoms with Crippen LogP contribution < -0.4 is 0 Å². The molecule has 0 bridgehead atoms. The molecule has 0 heterocycles. The van der Waals surface area contributed by atoms with Gasteiger partial charge in [0.25, 0.3) is 0 Å². The number of esters is 2. The van der Waals surface area contributed by atoms with E-state index < -0.39 is 25.9 Å². The standard InChI is InChI=1S/C12H22O6P/c1-4-16-11(13)10(12(14)17-5-2)8-7-9-19(15)18-6-3/h10H,4-9H2,1-3H3/q+1. The van der Waals surface area contributed by atoms with Crippen LogP contribution in [0.5, 0.6) is 0 Å². The third-order valence-electron chi connectivity index (χ3n) is 2.25. The first kappa shape index (κ1) is 18.0. The van der Waals surface area contributed by atoms with Crippen molar-refractivity contribution in [1.29, 1.82) is 0 Å². The minimum absolute atomic E-state index is 0.210. The highest BCUT2D eigenvalue weighted by Crippen LogP contribution is 2.25. The Morgan fingerprint density at radius 1 is 1.00 bits per heavy atom. The summed E-state index contributed by atoms with van der Waals surface area (Å²) in [4.78, 5) is 23.3. The van der Waals surface area contributed by atoms with Crippen molar-refractivity contribution in [3.05, 3.63) is 0 Å². The lowest BCUT2D eigenvalue weighted by Crippen LogP contribution is -2.28. The zero-order valence-corrected chi connectivity index (χ0v) is 12.6. The van der Waals surface area contributed by atoms with Crippen molar-refractivity contribution in [2.75, 3.05) is 26.0 Å². The highest BCUT2D eigenvalue weighted by molar-refractivity contribution is 7.39. The highest BCUT2D eigenvalue weighted by Gasteiger charge is 2.30. The minimum Gasteiger partial charge on any atom is -0.465 e. The zero-order valence-electron chi connectivity index (χ0n) is 11.7. The summed E-state index contributed by atoms with van der Waals surface area (Å²) in [6, 6.07) is 0. The first-order valence-corrected chi connectivity index (χ1v) is 7.83. The van der Waals surface area contributed by atoms with Gasteiger partial charge in [-0.25, -0.2) is 0 Å². The van der Waals surface area contributed by atoms with Crippen molar-refractivity contribution in [2.45, 2.75) is 33.6 Å². The third kappa shape index (κ3) is 7.90. The summed E-state index contributed by atoms with van der Waals surface area (Å²) in [7, 11) is -1.72. The molecule has 0 radical (unpaired) electrons. The first-order chi connectivity index (χ1) is 9.06. The fourth-order valence-electron chi connectivity index (χ4n) is 1.45. The zero-order chi connectivity index (χ0) is 14.7. The van der Waals surface area contributed by atoms with E-state index >= 15 is 0 Å². The Morgan fingerprint density at radius 3 is 1.95 bits per heavy atom. The lowest BCUT2D eigenvalue weighted by Gasteiger charge is -2.12. The van der Waals surface area contributed by atoms with Crippen LogP contribution in [0.3, 0.4) is 0 Å². The predicted octanol–water partition coefficient (Wildman–Crippen LogP) is 2.29. The SMILES string of the molecule is CCOC(=O)C(CCC[P+](=O)OCC)C(=O)OCC. The monoisotopic (exact) mass is 293 g/mol. The van der Waals surface area contributed by atoms with Gasteiger partial charge in [-0.3, -0.25) is 9.59 Å². The summed E-state index contributed by atoms with van der Waals surface area (Å²) in [5.74, 6) is -2.12. The van der Waals surface area contributed by atoms with Crippen molar-refractivity contribution < 1.29 is 28.2 Å². The molecule has 0 amide bonds. The van der Waals surface area contributed by atoms with E-state index in [0.29, 0.717) is 19.2 Å². The number of ether oxygens (including phenoxy) is 2. The molecule has 7 heteroatoms. The van der Waals surface area contributed by atoms with Gasteiger partial charge in [0.1, 0.15) is 0 Å². The van der Waals surface area contributed by atoms with Gasteiger partial charge in [0.05, 0.1) is 19.8 Å². The molecular formula is C12H22O6P+. The summed E-state index contributed by atoms with van der Waals surface area (Å²) in [6.07, 6.45) is 1.02. The molecule has 0 aromatic rings. The molecule has 0 aromatic heterocycles. The van der Waals surface area contributed by atoms with Gasteiger partial charge < -0.3 is 9.47 Å². The van der Waals surface area contributed by atoms with Crippen LogP contribution in [-0.4, -0.2) is 37.9 Å². The molecule has 0 saturated heterocycles. The molecule has 110 valence electrons. The molecule has 1 unspecified atom stereocenters. The molecule has 0 fully saturated rings. The molecule has 0 aromatic carbocycles. The van der Waals surface area contributed by atoms with Gasteiger partial charge in [-0.05, 0) is 38.2 Å². The van der Waals surface area contributed by atoms with Gasteiger partial charge >= 0.3 is 20.0 Å². The van der Waals surface area contributed by atoms with E-state index in [1.54, 1.807) is 20.8 Å². The Hall–Kier alpha value is -1.00. The molecule has 0 spiro atoms. The number of hydrogen-bond donors (Lipinski definition) is 0. The topological polar surface area (TPSA) is 78.9 Å². The Kier molecular flexibility index (Phi) is 10.3. The molecule has 1 atom stereocenters. The van der Waals surface area contributed by atoms with Crippen LogP contribution in [0, 0.1) is 5.92 Å². The van der Waals surface area contributed by atoms with Gasteiger partial charge in [0.2, 0.25) is 0 Å². The molecule has 0 aliphatic carbocycles. The lowest BCUT2D eigenvalue weighted by atomic mass is 10.0. The van der Waals surface area contributed by atoms with E-state index in [9.17, 15) is 14.2 Å². The van der Waals surface area contributed by atoms with Gasteiger partial charge in [-0.1, -0.05) is 0 Å². The van der Waals surface area contributed by atoms with E-state index in [0.717, 1.165) is 0 Å². The molecule has 0 rings (SSSR count). The Labute approximate surface area is 114 Å². The maximum atomic E-state index is 11.6. The number of carbonyl (C=O) groups is 2. The quantitative estimate of drug-likeness (QED) is 0.349. The van der Waals surface area contributed by atoms with E-state index in [-0.39, 0.29) is 19.6 Å². The smallest absolute Gasteiger partial charge is 0.465 e. The molecule has 0 aliphatic rings. The normalized spacial score (nSPS) is 11.3. The fraction of sp³-hybridized carbons (Fsp3) is 0.833. The van der Waals surface area contributed by atoms with Crippen LogP contribution in [0.15, 0.2) is 0 Å². The number of rotatable bonds is 10. The average Bonchev–Trinajstić information content (AvgIpc) is 2.35. The fourth-order valence-corrected chi connectivity index (χ4v) is 2.31. The summed E-state index contributed by atoms with van der Waals surface area (Å²) < 4.78 is 25.9. The maximum Gasteiger partial charge on any atom is 0.508 e. The average molecular weight is 293 g/mol. The Bertz CT molecular complexity index is 287. The van der Waals surface area contributed by atoms with Crippen LogP contribution in [0.2, 0.25) is 0 Å². The van der Waals surface area contributed by atoms with E-state index in [2.05, 4.69) is 0 Å². The van der Waals surface area contributed by atoms with Gasteiger partial charge in [0.15, 0.2) is 12.1 Å². The second-order valence-corrected chi connectivity index (χ2v) is 5.04. The highest BCUT2D eigenvalue weighted by atomic mass is 31.1. The largest absolute Gasteiger partial charge is 0.508 e. The van der Waals surface area contributed by atoms with Crippen molar-refractivity contribution in [2.24, 2.45) is 5.92 Å². The van der Waals surface area contributed by atoms with Gasteiger partial charge in [-0.15, -0.1) is 4.52 Å². The van der Waals surface area contributed by atoms with Crippen LogP contribution in [0.25, 0.3) is 0 Å². The molecular weight excluding hydrogens is 271 g/mol. The van der Waals surface area contributed by atoms with Crippen molar-refractivity contribution in [1.82, 2.24) is 0 Å². The second-order valence-electron chi connectivity index (χ2n) is 3.67.